The van der Waals surface area contributed by atoms with E-state index in [-0.39, 0.29) is 12.2 Å². The van der Waals surface area contributed by atoms with Gasteiger partial charge in [0, 0.05) is 0 Å². The van der Waals surface area contributed by atoms with Crippen molar-refractivity contribution in [2.45, 2.75) is 19.8 Å². The van der Waals surface area contributed by atoms with Crippen LogP contribution >= 0.6 is 0 Å². The predicted octanol–water partition coefficient (Wildman–Crippen LogP) is 4.74. The number of methoxy groups -OCH3 is 3. The Morgan fingerprint density at radius 3 is 2.24 bits per heavy atom. The Kier molecular flexibility index (Phi) is 5.92. The molecule has 0 saturated heterocycles. The lowest BCUT2D eigenvalue weighted by molar-refractivity contribution is -0.135. The maximum Gasteiger partial charge on any atom is 0.307 e. The summed E-state index contributed by atoms with van der Waals surface area (Å²) >= 11 is 0. The molecular weight excluding hydrogens is 375 g/mol. The highest BCUT2D eigenvalue weighted by atomic mass is 19.1. The zero-order valence-electron chi connectivity index (χ0n) is 16.8. The number of carboxylic acid groups (broad SMARTS) is 1. The van der Waals surface area contributed by atoms with E-state index in [1.807, 2.05) is 25.1 Å². The third-order valence-corrected chi connectivity index (χ3v) is 5.05. The van der Waals surface area contributed by atoms with Crippen LogP contribution in [0.25, 0.3) is 11.1 Å². The lowest BCUT2D eigenvalue weighted by atomic mass is 10.00. The van der Waals surface area contributed by atoms with Crippen molar-refractivity contribution >= 4 is 17.1 Å². The standard InChI is InChI=1S/C23H23FO5/c1-13-16(17-8-6-15(24)11-19(17)18(13)12-22(25)26)7-5-14-9-20(27-2)23(29-4)21(10-14)28-3/h6-11H,5,12H2,1-4H3,(H,25,26)/b16-7-. The van der Waals surface area contributed by atoms with Gasteiger partial charge in [-0.1, -0.05) is 12.1 Å². The van der Waals surface area contributed by atoms with E-state index >= 15 is 0 Å². The van der Waals surface area contributed by atoms with Crippen molar-refractivity contribution in [3.8, 4) is 17.2 Å². The zero-order chi connectivity index (χ0) is 21.1. The molecule has 1 aliphatic carbocycles. The monoisotopic (exact) mass is 398 g/mol. The van der Waals surface area contributed by atoms with E-state index in [0.29, 0.717) is 34.8 Å². The van der Waals surface area contributed by atoms with Crippen molar-refractivity contribution in [2.75, 3.05) is 21.3 Å². The molecule has 0 saturated carbocycles. The fourth-order valence-corrected chi connectivity index (χ4v) is 3.68. The molecule has 0 heterocycles. The lowest BCUT2D eigenvalue weighted by Crippen LogP contribution is -1.97. The van der Waals surface area contributed by atoms with Crippen LogP contribution in [-0.4, -0.2) is 32.4 Å². The third-order valence-electron chi connectivity index (χ3n) is 5.05. The summed E-state index contributed by atoms with van der Waals surface area (Å²) in [7, 11) is 4.67. The van der Waals surface area contributed by atoms with E-state index in [4.69, 9.17) is 14.2 Å². The van der Waals surface area contributed by atoms with E-state index in [2.05, 4.69) is 0 Å². The summed E-state index contributed by atoms with van der Waals surface area (Å²) in [6.07, 6.45) is 2.42. The van der Waals surface area contributed by atoms with Gasteiger partial charge in [0.2, 0.25) is 5.75 Å². The molecule has 0 aromatic heterocycles. The summed E-state index contributed by atoms with van der Waals surface area (Å²) < 4.78 is 29.9. The Hall–Kier alpha value is -3.28. The van der Waals surface area contributed by atoms with E-state index in [1.54, 1.807) is 27.4 Å². The Balaban J connectivity index is 2.03. The highest BCUT2D eigenvalue weighted by Gasteiger charge is 2.25. The van der Waals surface area contributed by atoms with Crippen molar-refractivity contribution in [3.05, 3.63) is 64.5 Å². The number of benzene rings is 2. The number of carboxylic acids is 1. The maximum absolute atomic E-state index is 13.8. The van der Waals surface area contributed by atoms with Crippen molar-refractivity contribution in [2.24, 2.45) is 0 Å². The molecule has 0 aliphatic heterocycles. The predicted molar refractivity (Wildman–Crippen MR) is 109 cm³/mol. The van der Waals surface area contributed by atoms with E-state index in [0.717, 1.165) is 22.3 Å². The van der Waals surface area contributed by atoms with Crippen LogP contribution in [0.2, 0.25) is 0 Å². The summed E-state index contributed by atoms with van der Waals surface area (Å²) in [4.78, 5) is 11.3. The van der Waals surface area contributed by atoms with Crippen molar-refractivity contribution in [1.29, 1.82) is 0 Å². The number of allylic oxidation sites excluding steroid dienone is 3. The van der Waals surface area contributed by atoms with E-state index in [1.165, 1.54) is 12.1 Å². The number of ether oxygens (including phenoxy) is 3. The average molecular weight is 398 g/mol. The molecule has 152 valence electrons. The van der Waals surface area contributed by atoms with Crippen LogP contribution in [0, 0.1) is 5.82 Å². The van der Waals surface area contributed by atoms with Crippen molar-refractivity contribution in [3.63, 3.8) is 0 Å². The fraction of sp³-hybridized carbons (Fsp3) is 0.261. The first-order chi connectivity index (χ1) is 13.9. The number of carbonyl (C=O) groups is 1. The molecule has 0 spiro atoms. The summed E-state index contributed by atoms with van der Waals surface area (Å²) in [6.45, 7) is 1.87. The largest absolute Gasteiger partial charge is 0.493 e. The maximum atomic E-state index is 13.8. The second kappa shape index (κ2) is 8.39. The number of hydrogen-bond acceptors (Lipinski definition) is 4. The molecule has 3 rings (SSSR count). The van der Waals surface area contributed by atoms with Crippen molar-refractivity contribution < 1.29 is 28.5 Å². The van der Waals surface area contributed by atoms with Gasteiger partial charge in [0.05, 0.1) is 27.8 Å². The van der Waals surface area contributed by atoms with Crippen LogP contribution in [-0.2, 0) is 11.2 Å². The number of halogens is 1. The Morgan fingerprint density at radius 2 is 1.69 bits per heavy atom. The molecule has 6 heteroatoms. The van der Waals surface area contributed by atoms with Crippen LogP contribution in [0.5, 0.6) is 17.2 Å². The van der Waals surface area contributed by atoms with Gasteiger partial charge >= 0.3 is 5.97 Å². The second-order valence-corrected chi connectivity index (χ2v) is 6.72. The Labute approximate surface area is 169 Å². The normalized spacial score (nSPS) is 14.2. The number of fused-ring (bicyclic) bond motifs is 1. The first-order valence-electron chi connectivity index (χ1n) is 9.10. The summed E-state index contributed by atoms with van der Waals surface area (Å²) in [5.41, 5.74) is 4.82. The topological polar surface area (TPSA) is 65.0 Å². The van der Waals surface area contributed by atoms with Gasteiger partial charge in [0.15, 0.2) is 11.5 Å². The smallest absolute Gasteiger partial charge is 0.307 e. The van der Waals surface area contributed by atoms with E-state index < -0.39 is 5.97 Å². The minimum atomic E-state index is -0.944. The van der Waals surface area contributed by atoms with Crippen LogP contribution in [0.4, 0.5) is 4.39 Å². The average Bonchev–Trinajstić information content (AvgIpc) is 2.95. The quantitative estimate of drug-likeness (QED) is 0.730. The number of rotatable bonds is 7. The minimum absolute atomic E-state index is 0.149. The summed E-state index contributed by atoms with van der Waals surface area (Å²) in [5.74, 6) is 0.319. The third kappa shape index (κ3) is 3.97. The van der Waals surface area contributed by atoms with Gasteiger partial charge in [0.1, 0.15) is 5.82 Å². The van der Waals surface area contributed by atoms with Crippen LogP contribution in [0.1, 0.15) is 30.0 Å². The fourth-order valence-electron chi connectivity index (χ4n) is 3.68. The first kappa shape index (κ1) is 20.5. The number of hydrogen-bond donors (Lipinski definition) is 1. The molecule has 0 bridgehead atoms. The van der Waals surface area contributed by atoms with Gasteiger partial charge in [-0.3, -0.25) is 4.79 Å². The van der Waals surface area contributed by atoms with Crippen LogP contribution in [0.15, 0.2) is 42.0 Å². The highest BCUT2D eigenvalue weighted by Crippen LogP contribution is 2.43. The molecule has 0 unspecified atom stereocenters. The van der Waals surface area contributed by atoms with Gasteiger partial charge in [-0.15, -0.1) is 0 Å². The molecular formula is C23H23FO5. The molecule has 2 aromatic rings. The van der Waals surface area contributed by atoms with E-state index in [9.17, 15) is 14.3 Å². The van der Waals surface area contributed by atoms with Crippen molar-refractivity contribution in [1.82, 2.24) is 0 Å². The zero-order valence-corrected chi connectivity index (χ0v) is 16.8. The second-order valence-electron chi connectivity index (χ2n) is 6.72. The minimum Gasteiger partial charge on any atom is -0.493 e. The molecule has 0 fully saturated rings. The lowest BCUT2D eigenvalue weighted by Gasteiger charge is -2.13. The molecule has 0 amide bonds. The molecule has 5 nitrogen and oxygen atoms in total. The van der Waals surface area contributed by atoms with Gasteiger partial charge in [-0.25, -0.2) is 4.39 Å². The Bertz CT molecular complexity index is 995. The molecule has 1 aliphatic rings. The molecule has 2 aromatic carbocycles. The summed E-state index contributed by atoms with van der Waals surface area (Å²) in [5, 5.41) is 9.26. The van der Waals surface area contributed by atoms with Crippen LogP contribution < -0.4 is 14.2 Å². The summed E-state index contributed by atoms with van der Waals surface area (Å²) in [6, 6.07) is 8.23. The molecule has 29 heavy (non-hydrogen) atoms. The highest BCUT2D eigenvalue weighted by molar-refractivity contribution is 6.03. The first-order valence-corrected chi connectivity index (χ1v) is 9.10. The Morgan fingerprint density at radius 1 is 1.03 bits per heavy atom. The van der Waals surface area contributed by atoms with Gasteiger partial charge in [-0.05, 0) is 71.0 Å². The van der Waals surface area contributed by atoms with Gasteiger partial charge in [-0.2, -0.15) is 0 Å². The molecule has 1 N–H and O–H groups in total. The number of aliphatic carboxylic acids is 1. The van der Waals surface area contributed by atoms with Gasteiger partial charge in [0.25, 0.3) is 0 Å². The molecule has 0 radical (unpaired) electrons. The molecule has 0 atom stereocenters. The van der Waals surface area contributed by atoms with Crippen LogP contribution in [0.3, 0.4) is 0 Å². The van der Waals surface area contributed by atoms with Gasteiger partial charge < -0.3 is 19.3 Å². The SMILES string of the molecule is COc1cc(C/C=C2/C(C)=C(CC(=O)O)c3cc(F)ccc32)cc(OC)c1OC.